The van der Waals surface area contributed by atoms with Crippen LogP contribution < -0.4 is 4.90 Å². The summed E-state index contributed by atoms with van der Waals surface area (Å²) in [6.07, 6.45) is 0. The van der Waals surface area contributed by atoms with E-state index >= 15 is 0 Å². The summed E-state index contributed by atoms with van der Waals surface area (Å²) in [7, 11) is 0. The third-order valence-electron chi connectivity index (χ3n) is 11.3. The largest absolute Gasteiger partial charge is 0.310 e. The van der Waals surface area contributed by atoms with Crippen molar-refractivity contribution in [3.63, 3.8) is 0 Å². The van der Waals surface area contributed by atoms with Gasteiger partial charge in [-0.15, -0.1) is 0 Å². The molecule has 49 heavy (non-hydrogen) atoms. The quantitative estimate of drug-likeness (QED) is 0.189. The minimum Gasteiger partial charge on any atom is -0.310 e. The van der Waals surface area contributed by atoms with Crippen molar-refractivity contribution in [2.24, 2.45) is 0 Å². The summed E-state index contributed by atoms with van der Waals surface area (Å²) in [6, 6.07) is 65.6. The van der Waals surface area contributed by atoms with Crippen molar-refractivity contribution >= 4 is 38.6 Å². The van der Waals surface area contributed by atoms with Crippen molar-refractivity contribution in [3.8, 4) is 11.1 Å². The van der Waals surface area contributed by atoms with Crippen molar-refractivity contribution in [2.45, 2.75) is 24.7 Å². The van der Waals surface area contributed by atoms with E-state index < -0.39 is 5.41 Å². The Morgan fingerprint density at radius 1 is 0.327 bits per heavy atom. The molecule has 1 nitrogen and oxygen atoms in total. The molecule has 0 saturated heterocycles. The molecule has 0 aliphatic heterocycles. The van der Waals surface area contributed by atoms with Gasteiger partial charge in [0.05, 0.1) is 5.41 Å². The molecular formula is C48H35N. The zero-order valence-electron chi connectivity index (χ0n) is 27.7. The minimum absolute atomic E-state index is 0.129. The second-order valence-electron chi connectivity index (χ2n) is 14.1. The predicted octanol–water partition coefficient (Wildman–Crippen LogP) is 12.5. The lowest BCUT2D eigenvalue weighted by atomic mass is 9.55. The van der Waals surface area contributed by atoms with Crippen LogP contribution in [0.4, 0.5) is 17.1 Å². The van der Waals surface area contributed by atoms with Gasteiger partial charge in [-0.1, -0.05) is 153 Å². The molecule has 0 N–H and O–H groups in total. The van der Waals surface area contributed by atoms with Gasteiger partial charge in [0.15, 0.2) is 0 Å². The highest BCUT2D eigenvalue weighted by Crippen LogP contribution is 2.62. The van der Waals surface area contributed by atoms with Gasteiger partial charge in [0.1, 0.15) is 0 Å². The third kappa shape index (κ3) is 3.87. The average Bonchev–Trinajstić information content (AvgIpc) is 3.44. The van der Waals surface area contributed by atoms with Crippen LogP contribution in [0.15, 0.2) is 176 Å². The molecule has 2 aliphatic carbocycles. The van der Waals surface area contributed by atoms with E-state index in [0.29, 0.717) is 0 Å². The maximum atomic E-state index is 2.49. The Labute approximate surface area is 287 Å². The van der Waals surface area contributed by atoms with Crippen molar-refractivity contribution in [2.75, 3.05) is 4.90 Å². The molecule has 0 atom stereocenters. The number of fused-ring (bicyclic) bond motifs is 11. The van der Waals surface area contributed by atoms with Crippen LogP contribution in [0.1, 0.15) is 47.2 Å². The summed E-state index contributed by atoms with van der Waals surface area (Å²) in [4.78, 5) is 2.44. The molecule has 8 aromatic carbocycles. The standard InChI is InChI=1S/C48H35N/c1-47(2)42-19-9-11-21-44(42)48(45-22-12-10-20-43(45)47)41-18-8-7-17-39(41)40-28-27-38(31-46(40)48)49(36-25-23-32-13-3-5-15-34(32)29-36)37-26-24-33-14-4-6-16-35(33)30-37/h3-31H,1-2H3. The van der Waals surface area contributed by atoms with Crippen LogP contribution in [0.3, 0.4) is 0 Å². The molecule has 0 unspecified atom stereocenters. The second kappa shape index (κ2) is 10.3. The molecule has 0 bridgehead atoms. The Hall–Kier alpha value is -5.92. The summed E-state index contributed by atoms with van der Waals surface area (Å²) < 4.78 is 0. The third-order valence-corrected chi connectivity index (χ3v) is 11.3. The fourth-order valence-electron chi connectivity index (χ4n) is 9.07. The number of hydrogen-bond acceptors (Lipinski definition) is 1. The zero-order chi connectivity index (χ0) is 32.7. The lowest BCUT2D eigenvalue weighted by molar-refractivity contribution is 0.563. The van der Waals surface area contributed by atoms with Gasteiger partial charge in [0, 0.05) is 22.5 Å². The van der Waals surface area contributed by atoms with Crippen LogP contribution in [0.25, 0.3) is 32.7 Å². The molecular weight excluding hydrogens is 591 g/mol. The molecule has 0 heterocycles. The topological polar surface area (TPSA) is 3.24 Å². The maximum absolute atomic E-state index is 2.49. The smallest absolute Gasteiger partial charge is 0.0720 e. The minimum atomic E-state index is -0.441. The molecule has 1 heteroatoms. The number of hydrogen-bond donors (Lipinski definition) is 0. The van der Waals surface area contributed by atoms with Crippen LogP contribution >= 0.6 is 0 Å². The number of rotatable bonds is 3. The highest BCUT2D eigenvalue weighted by atomic mass is 15.1. The Bertz CT molecular complexity index is 2480. The van der Waals surface area contributed by atoms with Gasteiger partial charge in [-0.25, -0.2) is 0 Å². The van der Waals surface area contributed by atoms with E-state index in [-0.39, 0.29) is 5.41 Å². The van der Waals surface area contributed by atoms with Gasteiger partial charge in [0.25, 0.3) is 0 Å². The molecule has 10 rings (SSSR count). The molecule has 0 aromatic heterocycles. The molecule has 0 radical (unpaired) electrons. The van der Waals surface area contributed by atoms with Crippen molar-refractivity contribution in [1.29, 1.82) is 0 Å². The highest BCUT2D eigenvalue weighted by Gasteiger charge is 2.53. The fraction of sp³-hybridized carbons (Fsp3) is 0.0833. The summed E-state index contributed by atoms with van der Waals surface area (Å²) in [6.45, 7) is 4.77. The van der Waals surface area contributed by atoms with Crippen molar-refractivity contribution in [3.05, 3.63) is 209 Å². The summed E-state index contributed by atoms with van der Waals surface area (Å²) in [5, 5.41) is 4.94. The number of benzene rings is 8. The summed E-state index contributed by atoms with van der Waals surface area (Å²) in [5.41, 5.74) is 13.7. The first kappa shape index (κ1) is 28.1. The van der Waals surface area contributed by atoms with Gasteiger partial charge < -0.3 is 4.90 Å². The average molecular weight is 626 g/mol. The SMILES string of the molecule is CC1(C)c2ccccc2C2(c3ccccc3-c3ccc(N(c4ccc5ccccc5c4)c4ccc5ccccc5c4)cc32)c2ccccc21. The normalized spacial score (nSPS) is 14.7. The van der Waals surface area contributed by atoms with Gasteiger partial charge in [-0.2, -0.15) is 0 Å². The first-order chi connectivity index (χ1) is 24.0. The van der Waals surface area contributed by atoms with E-state index in [1.165, 1.54) is 66.1 Å². The van der Waals surface area contributed by atoms with Crippen LogP contribution in [0.2, 0.25) is 0 Å². The first-order valence-electron chi connectivity index (χ1n) is 17.3. The Balaban J connectivity index is 1.29. The second-order valence-corrected chi connectivity index (χ2v) is 14.1. The summed E-state index contributed by atoms with van der Waals surface area (Å²) in [5.74, 6) is 0. The van der Waals surface area contributed by atoms with Crippen molar-refractivity contribution in [1.82, 2.24) is 0 Å². The van der Waals surface area contributed by atoms with Gasteiger partial charge in [0.2, 0.25) is 0 Å². The Morgan fingerprint density at radius 2 is 0.735 bits per heavy atom. The molecule has 232 valence electrons. The zero-order valence-corrected chi connectivity index (χ0v) is 27.7. The van der Waals surface area contributed by atoms with E-state index in [2.05, 4.69) is 195 Å². The van der Waals surface area contributed by atoms with Gasteiger partial charge >= 0.3 is 0 Å². The lowest BCUT2D eigenvalue weighted by Gasteiger charge is -2.46. The van der Waals surface area contributed by atoms with Crippen LogP contribution in [0.5, 0.6) is 0 Å². The highest BCUT2D eigenvalue weighted by molar-refractivity contribution is 5.95. The van der Waals surface area contributed by atoms with E-state index in [1.807, 2.05) is 0 Å². The van der Waals surface area contributed by atoms with E-state index in [9.17, 15) is 0 Å². The predicted molar refractivity (Wildman–Crippen MR) is 206 cm³/mol. The van der Waals surface area contributed by atoms with E-state index in [0.717, 1.165) is 17.1 Å². The number of nitrogens with zero attached hydrogens (tertiary/aromatic N) is 1. The molecule has 1 spiro atoms. The Morgan fingerprint density at radius 3 is 1.31 bits per heavy atom. The summed E-state index contributed by atoms with van der Waals surface area (Å²) >= 11 is 0. The first-order valence-corrected chi connectivity index (χ1v) is 17.3. The molecule has 0 fully saturated rings. The monoisotopic (exact) mass is 625 g/mol. The molecule has 0 saturated carbocycles. The molecule has 0 amide bonds. The Kier molecular flexibility index (Phi) is 5.91. The van der Waals surface area contributed by atoms with E-state index in [1.54, 1.807) is 0 Å². The van der Waals surface area contributed by atoms with Crippen LogP contribution in [-0.4, -0.2) is 0 Å². The molecule has 8 aromatic rings. The van der Waals surface area contributed by atoms with Crippen molar-refractivity contribution < 1.29 is 0 Å². The van der Waals surface area contributed by atoms with E-state index in [4.69, 9.17) is 0 Å². The maximum Gasteiger partial charge on any atom is 0.0720 e. The lowest BCUT2D eigenvalue weighted by Crippen LogP contribution is -2.40. The fourth-order valence-corrected chi connectivity index (χ4v) is 9.07. The van der Waals surface area contributed by atoms with Crippen LogP contribution in [-0.2, 0) is 10.8 Å². The van der Waals surface area contributed by atoms with Crippen LogP contribution in [0, 0.1) is 0 Å². The number of anilines is 3. The van der Waals surface area contributed by atoms with Gasteiger partial charge in [-0.05, 0) is 102 Å². The molecule has 2 aliphatic rings. The van der Waals surface area contributed by atoms with Gasteiger partial charge in [-0.3, -0.25) is 0 Å².